The summed E-state index contributed by atoms with van der Waals surface area (Å²) in [6.45, 7) is 14.7. The molecular weight excluding hydrogens is 953 g/mol. The number of esters is 4. The minimum atomic E-state index is -0.655. The van der Waals surface area contributed by atoms with E-state index in [1.54, 1.807) is 0 Å². The third-order valence-corrected chi connectivity index (χ3v) is 19.2. The SMILES string of the molecule is C[C@H](CCC(=O)OC(C)(C)C)[C@H]1CC[C@@H]2[C@]1(C)[C@@H](O)C[C@@H]1[C@@]3(C)CC[C@@H](OC(=O)c4cc(OC(=O)c5c6ccccc6cc6ccccc56)cc(OC(=O)c5c6ccccc6cc6ccccc56)c4)C[C@H]3C[C@@H](O)[C@@]21C. The van der Waals surface area contributed by atoms with Gasteiger partial charge in [-0.2, -0.15) is 0 Å². The van der Waals surface area contributed by atoms with Crippen molar-refractivity contribution in [3.05, 3.63) is 144 Å². The Kier molecular flexibility index (Phi) is 13.2. The van der Waals surface area contributed by atoms with Crippen molar-refractivity contribution >= 4 is 67.0 Å². The first-order valence-electron chi connectivity index (χ1n) is 27.5. The summed E-state index contributed by atoms with van der Waals surface area (Å²) in [7, 11) is 0. The zero-order chi connectivity index (χ0) is 53.5. The minimum Gasteiger partial charge on any atom is -0.460 e. The van der Waals surface area contributed by atoms with Gasteiger partial charge < -0.3 is 29.2 Å². The fourth-order valence-electron chi connectivity index (χ4n) is 15.6. The molecule has 394 valence electrons. The molecule has 0 bridgehead atoms. The lowest BCUT2D eigenvalue weighted by Crippen LogP contribution is -2.67. The lowest BCUT2D eigenvalue weighted by Gasteiger charge is -2.68. The summed E-state index contributed by atoms with van der Waals surface area (Å²) in [5, 5.41) is 31.2. The Balaban J connectivity index is 0.860. The second-order valence-corrected chi connectivity index (χ2v) is 24.5. The molecule has 7 aromatic rings. The van der Waals surface area contributed by atoms with E-state index in [1.165, 1.54) is 18.2 Å². The van der Waals surface area contributed by atoms with E-state index in [-0.39, 0.29) is 58.0 Å². The number of hydrogen-bond acceptors (Lipinski definition) is 10. The Morgan fingerprint density at radius 1 is 0.592 bits per heavy atom. The van der Waals surface area contributed by atoms with E-state index in [1.807, 2.05) is 130 Å². The zero-order valence-corrected chi connectivity index (χ0v) is 44.8. The third-order valence-electron chi connectivity index (χ3n) is 19.2. The number of carbonyl (C=O) groups is 4. The van der Waals surface area contributed by atoms with E-state index in [0.717, 1.165) is 40.8 Å². The molecule has 11 rings (SSSR count). The van der Waals surface area contributed by atoms with Crippen molar-refractivity contribution in [2.45, 2.75) is 130 Å². The van der Waals surface area contributed by atoms with Crippen LogP contribution in [0.3, 0.4) is 0 Å². The number of rotatable bonds is 10. The van der Waals surface area contributed by atoms with Crippen LogP contribution >= 0.6 is 0 Å². The fourth-order valence-corrected chi connectivity index (χ4v) is 15.6. The van der Waals surface area contributed by atoms with Crippen molar-refractivity contribution in [3.63, 3.8) is 0 Å². The zero-order valence-electron chi connectivity index (χ0n) is 44.8. The Labute approximate surface area is 445 Å². The highest BCUT2D eigenvalue weighted by Crippen LogP contribution is 2.73. The van der Waals surface area contributed by atoms with Crippen LogP contribution in [0.25, 0.3) is 43.1 Å². The molecule has 4 fully saturated rings. The van der Waals surface area contributed by atoms with E-state index < -0.39 is 52.7 Å². The number of fused-ring (bicyclic) bond motifs is 9. The fraction of sp³-hybridized carbons (Fsp3) is 0.424. The molecule has 0 amide bonds. The normalized spacial score (nSPS) is 28.5. The number of aliphatic hydroxyl groups excluding tert-OH is 2. The second kappa shape index (κ2) is 19.4. The predicted molar refractivity (Wildman–Crippen MR) is 295 cm³/mol. The van der Waals surface area contributed by atoms with Crippen molar-refractivity contribution in [3.8, 4) is 11.5 Å². The number of carbonyl (C=O) groups excluding carboxylic acids is 4. The summed E-state index contributed by atoms with van der Waals surface area (Å²) >= 11 is 0. The third kappa shape index (κ3) is 8.93. The van der Waals surface area contributed by atoms with Crippen molar-refractivity contribution in [2.24, 2.45) is 45.8 Å². The summed E-state index contributed by atoms with van der Waals surface area (Å²) in [5.41, 5.74) is -0.849. The maximum absolute atomic E-state index is 14.6. The van der Waals surface area contributed by atoms with E-state index >= 15 is 0 Å². The second-order valence-electron chi connectivity index (χ2n) is 24.5. The molecule has 4 saturated carbocycles. The van der Waals surface area contributed by atoms with Crippen molar-refractivity contribution in [1.82, 2.24) is 0 Å². The summed E-state index contributed by atoms with van der Waals surface area (Å²) < 4.78 is 24.5. The topological polar surface area (TPSA) is 146 Å². The first kappa shape index (κ1) is 51.5. The van der Waals surface area contributed by atoms with Gasteiger partial charge >= 0.3 is 23.9 Å². The van der Waals surface area contributed by atoms with Crippen LogP contribution < -0.4 is 9.47 Å². The van der Waals surface area contributed by atoms with Gasteiger partial charge in [-0.1, -0.05) is 125 Å². The standard InChI is InChI=1S/C66H70O10/c1-38(24-27-57(69)76-63(2,3)4)52-25-26-53-65(52,6)56(68)37-54-64(5)29-28-45(34-44(64)35-55(67)66(53,54)7)73-60(70)43-32-46(74-61(71)58-48-20-12-8-16-39(48)30-40-17-9-13-21-49(40)58)36-47(33-43)75-62(72)59-50-22-14-10-18-41(50)31-42-19-11-15-23-51(42)59/h8-23,30-33,36,38,44-45,52-56,67-68H,24-29,34-35,37H2,1-7H3/t38-,44+,45-,52-,53-,54-,55-,56+,64+,65-,66+/m1/s1. The summed E-state index contributed by atoms with van der Waals surface area (Å²) in [5.74, 6) is -1.59. The summed E-state index contributed by atoms with van der Waals surface area (Å²) in [6.07, 6.45) is 4.16. The average Bonchev–Trinajstić information content (AvgIpc) is 3.96. The molecule has 0 radical (unpaired) electrons. The largest absolute Gasteiger partial charge is 0.460 e. The van der Waals surface area contributed by atoms with Gasteiger partial charge in [0.1, 0.15) is 23.2 Å². The highest BCUT2D eigenvalue weighted by Gasteiger charge is 2.70. The quantitative estimate of drug-likeness (QED) is 0.0771. The molecule has 11 atom stereocenters. The van der Waals surface area contributed by atoms with Gasteiger partial charge in [-0.3, -0.25) is 4.79 Å². The van der Waals surface area contributed by atoms with Gasteiger partial charge in [0.2, 0.25) is 0 Å². The van der Waals surface area contributed by atoms with Crippen LogP contribution in [0.2, 0.25) is 0 Å². The summed E-state index contributed by atoms with van der Waals surface area (Å²) in [6, 6.07) is 38.9. The molecule has 76 heavy (non-hydrogen) atoms. The van der Waals surface area contributed by atoms with Crippen LogP contribution in [-0.2, 0) is 14.3 Å². The minimum absolute atomic E-state index is 0.00222. The molecule has 0 aromatic heterocycles. The molecule has 0 heterocycles. The molecular formula is C66H70O10. The molecule has 4 aliphatic rings. The van der Waals surface area contributed by atoms with Gasteiger partial charge in [-0.25, -0.2) is 14.4 Å². The van der Waals surface area contributed by atoms with E-state index in [0.29, 0.717) is 71.2 Å². The molecule has 7 aromatic carbocycles. The lowest BCUT2D eigenvalue weighted by molar-refractivity contribution is -0.251. The van der Waals surface area contributed by atoms with E-state index in [9.17, 15) is 29.4 Å². The van der Waals surface area contributed by atoms with Crippen molar-refractivity contribution in [2.75, 3.05) is 0 Å². The Morgan fingerprint density at radius 3 is 1.58 bits per heavy atom. The van der Waals surface area contributed by atoms with Gasteiger partial charge in [0, 0.05) is 17.9 Å². The van der Waals surface area contributed by atoms with Crippen LogP contribution in [0.1, 0.15) is 137 Å². The lowest BCUT2D eigenvalue weighted by atomic mass is 9.38. The predicted octanol–water partition coefficient (Wildman–Crippen LogP) is 14.0. The van der Waals surface area contributed by atoms with Gasteiger partial charge in [0.25, 0.3) is 0 Å². The molecule has 0 unspecified atom stereocenters. The average molecular weight is 1020 g/mol. The van der Waals surface area contributed by atoms with Crippen LogP contribution in [0, 0.1) is 45.8 Å². The van der Waals surface area contributed by atoms with Gasteiger partial charge in [-0.05, 0) is 180 Å². The molecule has 0 spiro atoms. The first-order chi connectivity index (χ1) is 36.3. The molecule has 2 N–H and O–H groups in total. The monoisotopic (exact) mass is 1020 g/mol. The summed E-state index contributed by atoms with van der Waals surface area (Å²) in [4.78, 5) is 56.5. The first-order valence-corrected chi connectivity index (χ1v) is 27.5. The van der Waals surface area contributed by atoms with Crippen LogP contribution in [0.15, 0.2) is 127 Å². The maximum atomic E-state index is 14.6. The Hall–Kier alpha value is -6.62. The number of ether oxygens (including phenoxy) is 4. The highest BCUT2D eigenvalue weighted by molar-refractivity contribution is 6.18. The highest BCUT2D eigenvalue weighted by atomic mass is 16.6. The maximum Gasteiger partial charge on any atom is 0.344 e. The molecule has 0 saturated heterocycles. The molecule has 10 heteroatoms. The van der Waals surface area contributed by atoms with E-state index in [4.69, 9.17) is 18.9 Å². The van der Waals surface area contributed by atoms with Gasteiger partial charge in [0.15, 0.2) is 0 Å². The number of benzene rings is 7. The van der Waals surface area contributed by atoms with Gasteiger partial charge in [-0.15, -0.1) is 0 Å². The number of hydrogen-bond donors (Lipinski definition) is 2. The van der Waals surface area contributed by atoms with Crippen molar-refractivity contribution in [1.29, 1.82) is 0 Å². The Morgan fingerprint density at radius 2 is 1.08 bits per heavy atom. The van der Waals surface area contributed by atoms with Crippen LogP contribution in [0.4, 0.5) is 0 Å². The molecule has 0 aliphatic heterocycles. The van der Waals surface area contributed by atoms with Crippen LogP contribution in [0.5, 0.6) is 11.5 Å². The Bertz CT molecular complexity index is 3190. The molecule has 4 aliphatic carbocycles. The number of aliphatic hydroxyl groups is 2. The van der Waals surface area contributed by atoms with Gasteiger partial charge in [0.05, 0.1) is 28.9 Å². The van der Waals surface area contributed by atoms with Crippen molar-refractivity contribution < 1.29 is 48.3 Å². The molecule has 10 nitrogen and oxygen atoms in total. The van der Waals surface area contributed by atoms with Crippen LogP contribution in [-0.4, -0.2) is 58.0 Å². The smallest absolute Gasteiger partial charge is 0.344 e. The van der Waals surface area contributed by atoms with E-state index in [2.05, 4.69) is 27.7 Å².